The van der Waals surface area contributed by atoms with Crippen LogP contribution in [0.2, 0.25) is 0 Å². The number of rotatable bonds is 6. The zero-order valence-corrected chi connectivity index (χ0v) is 12.2. The molecule has 1 aromatic carbocycles. The number of hydrogen-bond acceptors (Lipinski definition) is 4. The summed E-state index contributed by atoms with van der Waals surface area (Å²) >= 11 is 0. The van der Waals surface area contributed by atoms with Crippen molar-refractivity contribution < 1.29 is 9.53 Å². The number of ether oxygens (including phenoxy) is 1. The van der Waals surface area contributed by atoms with Crippen molar-refractivity contribution in [2.45, 2.75) is 19.5 Å². The molecule has 0 spiro atoms. The molecule has 2 rings (SSSR count). The first-order valence-electron chi connectivity index (χ1n) is 6.77. The minimum atomic E-state index is -0.302. The van der Waals surface area contributed by atoms with Crippen LogP contribution in [0.1, 0.15) is 12.5 Å². The summed E-state index contributed by atoms with van der Waals surface area (Å²) in [6.07, 6.45) is 1.69. The summed E-state index contributed by atoms with van der Waals surface area (Å²) in [6, 6.07) is 12.8. The molecule has 0 aliphatic heterocycles. The molecule has 2 aromatic rings. The first-order valence-corrected chi connectivity index (χ1v) is 6.77. The average Bonchev–Trinajstić information content (AvgIpc) is 2.53. The van der Waals surface area contributed by atoms with Gasteiger partial charge in [0.2, 0.25) is 11.8 Å². The van der Waals surface area contributed by atoms with Crippen LogP contribution in [0.5, 0.6) is 5.88 Å². The van der Waals surface area contributed by atoms with Crippen LogP contribution in [-0.2, 0) is 11.3 Å². The summed E-state index contributed by atoms with van der Waals surface area (Å²) < 4.78 is 5.07. The molecule has 0 bridgehead atoms. The maximum Gasteiger partial charge on any atom is 0.241 e. The molecule has 2 N–H and O–H groups in total. The van der Waals surface area contributed by atoms with Gasteiger partial charge in [0.05, 0.1) is 13.2 Å². The van der Waals surface area contributed by atoms with Crippen LogP contribution in [0.3, 0.4) is 0 Å². The predicted molar refractivity (Wildman–Crippen MR) is 82.2 cm³/mol. The molecule has 1 amide bonds. The third-order valence-electron chi connectivity index (χ3n) is 3.06. The van der Waals surface area contributed by atoms with Crippen LogP contribution in [0.25, 0.3) is 0 Å². The highest BCUT2D eigenvalue weighted by atomic mass is 16.5. The smallest absolute Gasteiger partial charge is 0.241 e. The number of pyridine rings is 1. The number of amides is 1. The van der Waals surface area contributed by atoms with Crippen molar-refractivity contribution in [3.05, 3.63) is 54.2 Å². The van der Waals surface area contributed by atoms with Gasteiger partial charge >= 0.3 is 0 Å². The lowest BCUT2D eigenvalue weighted by Gasteiger charge is -2.14. The van der Waals surface area contributed by atoms with E-state index >= 15 is 0 Å². The van der Waals surface area contributed by atoms with E-state index in [1.54, 1.807) is 13.3 Å². The van der Waals surface area contributed by atoms with Crippen LogP contribution < -0.4 is 15.4 Å². The zero-order valence-electron chi connectivity index (χ0n) is 12.2. The van der Waals surface area contributed by atoms with Crippen LogP contribution in [0.4, 0.5) is 5.69 Å². The van der Waals surface area contributed by atoms with Crippen molar-refractivity contribution in [3.63, 3.8) is 0 Å². The number of aromatic nitrogens is 1. The number of para-hydroxylation sites is 1. The molecule has 0 saturated heterocycles. The van der Waals surface area contributed by atoms with Gasteiger partial charge in [-0.15, -0.1) is 0 Å². The van der Waals surface area contributed by atoms with E-state index in [4.69, 9.17) is 4.74 Å². The Bertz CT molecular complexity index is 587. The molecule has 0 fully saturated rings. The summed E-state index contributed by atoms with van der Waals surface area (Å²) in [4.78, 5) is 16.1. The Labute approximate surface area is 124 Å². The number of benzene rings is 1. The van der Waals surface area contributed by atoms with Gasteiger partial charge in [0.15, 0.2) is 0 Å². The maximum atomic E-state index is 12.0. The number of carbonyl (C=O) groups is 1. The lowest BCUT2D eigenvalue weighted by molar-refractivity contribution is -0.117. The van der Waals surface area contributed by atoms with Gasteiger partial charge in [0, 0.05) is 24.5 Å². The molecule has 1 heterocycles. The Balaban J connectivity index is 1.86. The van der Waals surface area contributed by atoms with E-state index in [0.29, 0.717) is 12.4 Å². The largest absolute Gasteiger partial charge is 0.481 e. The summed E-state index contributed by atoms with van der Waals surface area (Å²) in [5.74, 6) is 0.498. The normalized spacial score (nSPS) is 11.7. The van der Waals surface area contributed by atoms with Crippen LogP contribution in [0, 0.1) is 0 Å². The monoisotopic (exact) mass is 285 g/mol. The summed E-state index contributed by atoms with van der Waals surface area (Å²) in [7, 11) is 1.58. The second kappa shape index (κ2) is 7.40. The van der Waals surface area contributed by atoms with E-state index in [-0.39, 0.29) is 11.9 Å². The minimum absolute atomic E-state index is 0.0674. The van der Waals surface area contributed by atoms with Crippen molar-refractivity contribution in [3.8, 4) is 5.88 Å². The molecule has 0 saturated carbocycles. The van der Waals surface area contributed by atoms with E-state index < -0.39 is 0 Å². The van der Waals surface area contributed by atoms with Gasteiger partial charge in [-0.05, 0) is 30.7 Å². The van der Waals surface area contributed by atoms with Crippen molar-refractivity contribution in [1.29, 1.82) is 0 Å². The minimum Gasteiger partial charge on any atom is -0.481 e. The molecular weight excluding hydrogens is 266 g/mol. The standard InChI is InChI=1S/C16H19N3O2/c1-12(16(20)19-14-6-4-3-5-7-14)18-11-13-8-9-17-15(10-13)21-2/h3-10,12,18H,11H2,1-2H3,(H,19,20). The van der Waals surface area contributed by atoms with Crippen molar-refractivity contribution in [1.82, 2.24) is 10.3 Å². The molecule has 21 heavy (non-hydrogen) atoms. The Morgan fingerprint density at radius 1 is 1.29 bits per heavy atom. The Hall–Kier alpha value is -2.40. The fourth-order valence-corrected chi connectivity index (χ4v) is 1.81. The van der Waals surface area contributed by atoms with Crippen molar-refractivity contribution >= 4 is 11.6 Å². The number of nitrogens with one attached hydrogen (secondary N) is 2. The molecular formula is C16H19N3O2. The Morgan fingerprint density at radius 3 is 2.76 bits per heavy atom. The molecule has 5 heteroatoms. The van der Waals surface area contributed by atoms with Gasteiger partial charge in [-0.2, -0.15) is 0 Å². The van der Waals surface area contributed by atoms with E-state index in [0.717, 1.165) is 11.3 Å². The van der Waals surface area contributed by atoms with E-state index in [1.807, 2.05) is 49.4 Å². The third-order valence-corrected chi connectivity index (χ3v) is 3.06. The van der Waals surface area contributed by atoms with E-state index in [2.05, 4.69) is 15.6 Å². The number of hydrogen-bond donors (Lipinski definition) is 2. The van der Waals surface area contributed by atoms with Crippen LogP contribution >= 0.6 is 0 Å². The maximum absolute atomic E-state index is 12.0. The molecule has 0 radical (unpaired) electrons. The van der Waals surface area contributed by atoms with Crippen molar-refractivity contribution in [2.75, 3.05) is 12.4 Å². The summed E-state index contributed by atoms with van der Waals surface area (Å²) in [5, 5.41) is 6.04. The van der Waals surface area contributed by atoms with E-state index in [1.165, 1.54) is 0 Å². The third kappa shape index (κ3) is 4.57. The molecule has 5 nitrogen and oxygen atoms in total. The first-order chi connectivity index (χ1) is 10.2. The topological polar surface area (TPSA) is 63.2 Å². The van der Waals surface area contributed by atoms with E-state index in [9.17, 15) is 4.79 Å². The Morgan fingerprint density at radius 2 is 2.05 bits per heavy atom. The summed E-state index contributed by atoms with van der Waals surface area (Å²) in [5.41, 5.74) is 1.81. The van der Waals surface area contributed by atoms with Crippen molar-refractivity contribution in [2.24, 2.45) is 0 Å². The number of methoxy groups -OCH3 is 1. The van der Waals surface area contributed by atoms with Crippen LogP contribution in [0.15, 0.2) is 48.7 Å². The molecule has 1 unspecified atom stereocenters. The summed E-state index contributed by atoms with van der Waals surface area (Å²) in [6.45, 7) is 2.40. The second-order valence-corrected chi connectivity index (χ2v) is 4.66. The highest BCUT2D eigenvalue weighted by Crippen LogP contribution is 2.09. The van der Waals surface area contributed by atoms with Gasteiger partial charge in [-0.25, -0.2) is 4.98 Å². The zero-order chi connectivity index (χ0) is 15.1. The van der Waals surface area contributed by atoms with Gasteiger partial charge in [0.1, 0.15) is 0 Å². The SMILES string of the molecule is COc1cc(CNC(C)C(=O)Nc2ccccc2)ccn1. The average molecular weight is 285 g/mol. The van der Waals surface area contributed by atoms with Gasteiger partial charge in [0.25, 0.3) is 0 Å². The Kier molecular flexibility index (Phi) is 5.29. The number of nitrogens with zero attached hydrogens (tertiary/aromatic N) is 1. The van der Waals surface area contributed by atoms with Gasteiger partial charge in [-0.1, -0.05) is 18.2 Å². The molecule has 1 atom stereocenters. The molecule has 1 aromatic heterocycles. The highest BCUT2D eigenvalue weighted by molar-refractivity contribution is 5.94. The number of anilines is 1. The first kappa shape index (κ1) is 15.0. The lowest BCUT2D eigenvalue weighted by atomic mass is 10.2. The van der Waals surface area contributed by atoms with Crippen LogP contribution in [-0.4, -0.2) is 24.0 Å². The molecule has 0 aliphatic rings. The van der Waals surface area contributed by atoms with Gasteiger partial charge in [-0.3, -0.25) is 4.79 Å². The number of carbonyl (C=O) groups excluding carboxylic acids is 1. The quantitative estimate of drug-likeness (QED) is 0.854. The lowest BCUT2D eigenvalue weighted by Crippen LogP contribution is -2.37. The van der Waals surface area contributed by atoms with Gasteiger partial charge < -0.3 is 15.4 Å². The fraction of sp³-hybridized carbons (Fsp3) is 0.250. The fourth-order valence-electron chi connectivity index (χ4n) is 1.81. The predicted octanol–water partition coefficient (Wildman–Crippen LogP) is 2.21. The second-order valence-electron chi connectivity index (χ2n) is 4.66. The molecule has 110 valence electrons. The highest BCUT2D eigenvalue weighted by Gasteiger charge is 2.12. The molecule has 0 aliphatic carbocycles.